The minimum atomic E-state index is -3.84. The van der Waals surface area contributed by atoms with Gasteiger partial charge in [0.25, 0.3) is 10.2 Å². The number of hydrogen-bond acceptors (Lipinski definition) is 4. The average Bonchev–Trinajstić information content (AvgIpc) is 2.89. The summed E-state index contributed by atoms with van der Waals surface area (Å²) in [6, 6.07) is -1.01. The van der Waals surface area contributed by atoms with E-state index in [9.17, 15) is 18.0 Å². The van der Waals surface area contributed by atoms with Crippen LogP contribution in [0.3, 0.4) is 0 Å². The van der Waals surface area contributed by atoms with Gasteiger partial charge in [0, 0.05) is 19.6 Å². The summed E-state index contributed by atoms with van der Waals surface area (Å²) >= 11 is 0. The third-order valence-electron chi connectivity index (χ3n) is 3.91. The van der Waals surface area contributed by atoms with E-state index >= 15 is 0 Å². The highest BCUT2D eigenvalue weighted by atomic mass is 32.2. The van der Waals surface area contributed by atoms with Crippen molar-refractivity contribution in [2.45, 2.75) is 31.7 Å². The molecule has 0 radical (unpaired) electrons. The van der Waals surface area contributed by atoms with E-state index in [0.717, 1.165) is 4.31 Å². The van der Waals surface area contributed by atoms with Crippen LogP contribution in [0.1, 0.15) is 25.7 Å². The monoisotopic (exact) mass is 305 g/mol. The number of carbonyl (C=O) groups is 2. The summed E-state index contributed by atoms with van der Waals surface area (Å²) in [6.07, 6.45) is 2.06. The number of rotatable bonds is 4. The Morgan fingerprint density at radius 3 is 2.40 bits per heavy atom. The Morgan fingerprint density at radius 2 is 1.85 bits per heavy atom. The summed E-state index contributed by atoms with van der Waals surface area (Å²) < 4.78 is 27.2. The van der Waals surface area contributed by atoms with E-state index in [-0.39, 0.29) is 19.6 Å². The number of carboxylic acids is 1. The molecule has 114 valence electrons. The minimum Gasteiger partial charge on any atom is -0.480 e. The molecule has 9 heteroatoms. The second kappa shape index (κ2) is 5.66. The van der Waals surface area contributed by atoms with Crippen molar-refractivity contribution in [3.8, 4) is 0 Å². The molecule has 1 amide bonds. The molecule has 2 fully saturated rings. The first-order valence-electron chi connectivity index (χ1n) is 6.63. The number of carbonyl (C=O) groups excluding carboxylic acids is 1. The Bertz CT molecular complexity index is 506. The molecule has 0 aliphatic carbocycles. The average molecular weight is 305 g/mol. The Morgan fingerprint density at radius 1 is 1.15 bits per heavy atom. The third-order valence-corrected chi connectivity index (χ3v) is 5.93. The van der Waals surface area contributed by atoms with Crippen LogP contribution in [-0.2, 0) is 19.8 Å². The van der Waals surface area contributed by atoms with Gasteiger partial charge in [0.05, 0.1) is 5.92 Å². The maximum atomic E-state index is 12.5. The predicted octanol–water partition coefficient (Wildman–Crippen LogP) is -1.02. The van der Waals surface area contributed by atoms with Crippen LogP contribution in [0.2, 0.25) is 0 Å². The molecule has 2 atom stereocenters. The molecule has 2 aliphatic heterocycles. The number of hydrogen-bond donors (Lipinski definition) is 2. The lowest BCUT2D eigenvalue weighted by Gasteiger charge is -2.34. The van der Waals surface area contributed by atoms with E-state index in [2.05, 4.69) is 0 Å². The normalized spacial score (nSPS) is 29.4. The first kappa shape index (κ1) is 15.2. The maximum absolute atomic E-state index is 12.5. The van der Waals surface area contributed by atoms with E-state index in [1.165, 1.54) is 4.31 Å². The van der Waals surface area contributed by atoms with Gasteiger partial charge < -0.3 is 10.8 Å². The third kappa shape index (κ3) is 2.79. The molecule has 2 unspecified atom stereocenters. The molecule has 2 heterocycles. The van der Waals surface area contributed by atoms with E-state index < -0.39 is 34.0 Å². The molecule has 20 heavy (non-hydrogen) atoms. The van der Waals surface area contributed by atoms with Crippen molar-refractivity contribution in [2.24, 2.45) is 11.7 Å². The van der Waals surface area contributed by atoms with Gasteiger partial charge >= 0.3 is 5.97 Å². The number of carboxylic acid groups (broad SMARTS) is 1. The molecular formula is C11H19N3O5S. The standard InChI is InChI=1S/C11H19N3O5S/c12-10(15)8-4-6-13(7-8)20(18,19)14-5-2-1-3-9(14)11(16)17/h8-9H,1-7H2,(H2,12,15)(H,16,17). The van der Waals surface area contributed by atoms with Gasteiger partial charge in [0.15, 0.2) is 0 Å². The molecule has 0 saturated carbocycles. The zero-order valence-corrected chi connectivity index (χ0v) is 11.9. The molecule has 0 bridgehead atoms. The number of nitrogens with zero attached hydrogens (tertiary/aromatic N) is 2. The van der Waals surface area contributed by atoms with Crippen LogP contribution in [0.15, 0.2) is 0 Å². The fourth-order valence-electron chi connectivity index (χ4n) is 2.75. The Kier molecular flexibility index (Phi) is 4.31. The Balaban J connectivity index is 2.17. The van der Waals surface area contributed by atoms with E-state index in [1.54, 1.807) is 0 Å². The lowest BCUT2D eigenvalue weighted by molar-refractivity contribution is -0.142. The van der Waals surface area contributed by atoms with E-state index in [4.69, 9.17) is 10.8 Å². The zero-order valence-electron chi connectivity index (χ0n) is 11.1. The molecular weight excluding hydrogens is 286 g/mol. The number of aliphatic carboxylic acids is 1. The minimum absolute atomic E-state index is 0.0422. The van der Waals surface area contributed by atoms with Crippen molar-refractivity contribution >= 4 is 22.1 Å². The van der Waals surface area contributed by atoms with Crippen LogP contribution < -0.4 is 5.73 Å². The van der Waals surface area contributed by atoms with Crippen LogP contribution in [0.4, 0.5) is 0 Å². The zero-order chi connectivity index (χ0) is 14.9. The predicted molar refractivity (Wildman–Crippen MR) is 69.8 cm³/mol. The molecule has 8 nitrogen and oxygen atoms in total. The van der Waals surface area contributed by atoms with Crippen molar-refractivity contribution in [1.29, 1.82) is 0 Å². The molecule has 0 aromatic heterocycles. The van der Waals surface area contributed by atoms with Gasteiger partial charge in [-0.05, 0) is 25.7 Å². The van der Waals surface area contributed by atoms with Gasteiger partial charge in [-0.2, -0.15) is 17.0 Å². The number of primary amides is 1. The quantitative estimate of drug-likeness (QED) is 0.688. The van der Waals surface area contributed by atoms with Gasteiger partial charge in [-0.3, -0.25) is 9.59 Å². The summed E-state index contributed by atoms with van der Waals surface area (Å²) in [5.41, 5.74) is 5.19. The van der Waals surface area contributed by atoms with Crippen LogP contribution >= 0.6 is 0 Å². The number of piperidine rings is 1. The highest BCUT2D eigenvalue weighted by Gasteiger charge is 2.43. The van der Waals surface area contributed by atoms with Crippen molar-refractivity contribution in [3.63, 3.8) is 0 Å². The van der Waals surface area contributed by atoms with Crippen LogP contribution in [-0.4, -0.2) is 59.7 Å². The highest BCUT2D eigenvalue weighted by Crippen LogP contribution is 2.27. The molecule has 2 saturated heterocycles. The Labute approximate surface area is 117 Å². The smallest absolute Gasteiger partial charge is 0.322 e. The fraction of sp³-hybridized carbons (Fsp3) is 0.818. The molecule has 0 spiro atoms. The van der Waals surface area contributed by atoms with Gasteiger partial charge in [-0.1, -0.05) is 0 Å². The summed E-state index contributed by atoms with van der Waals surface area (Å²) in [6.45, 7) is 0.455. The second-order valence-electron chi connectivity index (χ2n) is 5.21. The largest absolute Gasteiger partial charge is 0.480 e. The highest BCUT2D eigenvalue weighted by molar-refractivity contribution is 7.86. The van der Waals surface area contributed by atoms with Gasteiger partial charge in [-0.15, -0.1) is 0 Å². The van der Waals surface area contributed by atoms with Crippen molar-refractivity contribution < 1.29 is 23.1 Å². The summed E-state index contributed by atoms with van der Waals surface area (Å²) in [7, 11) is -3.84. The van der Waals surface area contributed by atoms with Gasteiger partial charge in [0.2, 0.25) is 5.91 Å². The summed E-state index contributed by atoms with van der Waals surface area (Å²) in [4.78, 5) is 22.3. The molecule has 0 aromatic carbocycles. The lowest BCUT2D eigenvalue weighted by Crippen LogP contribution is -2.53. The van der Waals surface area contributed by atoms with E-state index in [0.29, 0.717) is 25.7 Å². The van der Waals surface area contributed by atoms with Crippen molar-refractivity contribution in [1.82, 2.24) is 8.61 Å². The summed E-state index contributed by atoms with van der Waals surface area (Å²) in [5, 5.41) is 9.16. The number of amides is 1. The first-order chi connectivity index (χ1) is 9.34. The maximum Gasteiger partial charge on any atom is 0.322 e. The molecule has 3 N–H and O–H groups in total. The van der Waals surface area contributed by atoms with Crippen molar-refractivity contribution in [3.05, 3.63) is 0 Å². The lowest BCUT2D eigenvalue weighted by atomic mass is 10.1. The number of nitrogens with two attached hydrogens (primary N) is 1. The van der Waals surface area contributed by atoms with Crippen molar-refractivity contribution in [2.75, 3.05) is 19.6 Å². The van der Waals surface area contributed by atoms with Gasteiger partial charge in [-0.25, -0.2) is 0 Å². The van der Waals surface area contributed by atoms with Crippen LogP contribution in [0, 0.1) is 5.92 Å². The second-order valence-corrected chi connectivity index (χ2v) is 7.10. The molecule has 2 aliphatic rings. The van der Waals surface area contributed by atoms with E-state index in [1.807, 2.05) is 0 Å². The SMILES string of the molecule is NC(=O)C1CCN(S(=O)(=O)N2CCCCC2C(=O)O)C1. The molecule has 0 aromatic rings. The van der Waals surface area contributed by atoms with Gasteiger partial charge in [0.1, 0.15) is 6.04 Å². The Hall–Kier alpha value is -1.19. The van der Waals surface area contributed by atoms with Crippen LogP contribution in [0.5, 0.6) is 0 Å². The fourth-order valence-corrected chi connectivity index (χ4v) is 4.62. The molecule has 2 rings (SSSR count). The summed E-state index contributed by atoms with van der Waals surface area (Å²) in [5.74, 6) is -2.13. The first-order valence-corrected chi connectivity index (χ1v) is 8.02. The topological polar surface area (TPSA) is 121 Å². The van der Waals surface area contributed by atoms with Crippen LogP contribution in [0.25, 0.3) is 0 Å².